The zero-order valence-corrected chi connectivity index (χ0v) is 18.3. The Labute approximate surface area is 189 Å². The van der Waals surface area contributed by atoms with E-state index < -0.39 is 11.7 Å². The van der Waals surface area contributed by atoms with Gasteiger partial charge in [0.2, 0.25) is 5.76 Å². The van der Waals surface area contributed by atoms with Crippen LogP contribution in [-0.4, -0.2) is 33.0 Å². The summed E-state index contributed by atoms with van der Waals surface area (Å²) in [6, 6.07) is 17.6. The van der Waals surface area contributed by atoms with E-state index in [2.05, 4.69) is 10.6 Å². The number of hydrogen-bond acceptors (Lipinski definition) is 5. The summed E-state index contributed by atoms with van der Waals surface area (Å²) in [6.07, 6.45) is 0. The molecule has 0 spiro atoms. The van der Waals surface area contributed by atoms with Gasteiger partial charge in [-0.25, -0.2) is 4.39 Å². The Bertz CT molecular complexity index is 1310. The standard InChI is InChI=1S/C25H22FN3O4/c1-29(2)19-11-4-15(5-12-19)24(30)28-18-10-13-21-20(14-18)22(32-3)23(33-21)25(31)27-17-8-6-16(26)7-9-17/h4-14H,1-3H3,(H,27,31)(H,28,30). The second kappa shape index (κ2) is 9.04. The van der Waals surface area contributed by atoms with Gasteiger partial charge in [-0.2, -0.15) is 0 Å². The Hall–Kier alpha value is -4.33. The number of halogens is 1. The maximum absolute atomic E-state index is 13.1. The van der Waals surface area contributed by atoms with Crippen molar-refractivity contribution in [2.75, 3.05) is 36.7 Å². The van der Waals surface area contributed by atoms with Gasteiger partial charge in [0, 0.05) is 36.7 Å². The summed E-state index contributed by atoms with van der Waals surface area (Å²) in [7, 11) is 5.28. The Morgan fingerprint density at radius 2 is 1.52 bits per heavy atom. The first-order valence-electron chi connectivity index (χ1n) is 10.1. The minimum absolute atomic E-state index is 0.0282. The van der Waals surface area contributed by atoms with Gasteiger partial charge in [0.05, 0.1) is 12.5 Å². The largest absolute Gasteiger partial charge is 0.492 e. The third-order valence-electron chi connectivity index (χ3n) is 5.06. The zero-order chi connectivity index (χ0) is 23.5. The van der Waals surface area contributed by atoms with Crippen LogP contribution in [0, 0.1) is 5.82 Å². The third kappa shape index (κ3) is 4.64. The Kier molecular flexibility index (Phi) is 5.99. The van der Waals surface area contributed by atoms with E-state index in [0.717, 1.165) is 5.69 Å². The fraction of sp³-hybridized carbons (Fsp3) is 0.120. The molecule has 33 heavy (non-hydrogen) atoms. The van der Waals surface area contributed by atoms with E-state index in [1.165, 1.54) is 31.4 Å². The molecule has 168 valence electrons. The number of ether oxygens (including phenoxy) is 1. The number of fused-ring (bicyclic) bond motifs is 1. The number of anilines is 3. The zero-order valence-electron chi connectivity index (χ0n) is 18.3. The van der Waals surface area contributed by atoms with Gasteiger partial charge in [0.1, 0.15) is 11.4 Å². The summed E-state index contributed by atoms with van der Waals surface area (Å²) in [5.74, 6) is -1.01. The van der Waals surface area contributed by atoms with Crippen molar-refractivity contribution in [3.8, 4) is 5.75 Å². The van der Waals surface area contributed by atoms with Gasteiger partial charge in [0.15, 0.2) is 5.75 Å². The molecule has 0 unspecified atom stereocenters. The quantitative estimate of drug-likeness (QED) is 0.427. The molecule has 0 fully saturated rings. The van der Waals surface area contributed by atoms with Crippen LogP contribution in [0.3, 0.4) is 0 Å². The van der Waals surface area contributed by atoms with E-state index in [0.29, 0.717) is 27.9 Å². The van der Waals surface area contributed by atoms with Gasteiger partial charge in [-0.15, -0.1) is 0 Å². The molecule has 0 aliphatic carbocycles. The molecule has 0 aliphatic rings. The van der Waals surface area contributed by atoms with E-state index in [1.807, 2.05) is 31.1 Å². The highest BCUT2D eigenvalue weighted by Gasteiger charge is 2.22. The molecule has 2 amide bonds. The lowest BCUT2D eigenvalue weighted by atomic mass is 10.1. The highest BCUT2D eigenvalue weighted by molar-refractivity contribution is 6.09. The van der Waals surface area contributed by atoms with Crippen molar-refractivity contribution >= 4 is 39.8 Å². The Morgan fingerprint density at radius 3 is 2.15 bits per heavy atom. The molecule has 0 radical (unpaired) electrons. The lowest BCUT2D eigenvalue weighted by molar-refractivity contribution is 0.0992. The smallest absolute Gasteiger partial charge is 0.295 e. The van der Waals surface area contributed by atoms with Crippen molar-refractivity contribution in [2.45, 2.75) is 0 Å². The number of carbonyl (C=O) groups excluding carboxylic acids is 2. The van der Waals surface area contributed by atoms with Gasteiger partial charge in [-0.05, 0) is 66.7 Å². The van der Waals surface area contributed by atoms with E-state index in [1.54, 1.807) is 30.3 Å². The minimum atomic E-state index is -0.541. The lowest BCUT2D eigenvalue weighted by Gasteiger charge is -2.12. The number of carbonyl (C=O) groups is 2. The van der Waals surface area contributed by atoms with Crippen molar-refractivity contribution in [1.29, 1.82) is 0 Å². The predicted octanol–water partition coefficient (Wildman–Crippen LogP) is 5.15. The molecule has 0 bridgehead atoms. The average molecular weight is 447 g/mol. The van der Waals surface area contributed by atoms with Crippen molar-refractivity contribution in [2.24, 2.45) is 0 Å². The van der Waals surface area contributed by atoms with Crippen molar-refractivity contribution in [3.63, 3.8) is 0 Å². The van der Waals surface area contributed by atoms with Crippen LogP contribution in [0.2, 0.25) is 0 Å². The molecular weight excluding hydrogens is 425 g/mol. The fourth-order valence-corrected chi connectivity index (χ4v) is 3.34. The average Bonchev–Trinajstić information content (AvgIpc) is 3.18. The van der Waals surface area contributed by atoms with Crippen molar-refractivity contribution < 1.29 is 23.1 Å². The number of nitrogens with one attached hydrogen (secondary N) is 2. The number of amides is 2. The molecule has 1 heterocycles. The Balaban J connectivity index is 1.57. The summed E-state index contributed by atoms with van der Waals surface area (Å²) in [6.45, 7) is 0. The number of nitrogens with zero attached hydrogens (tertiary/aromatic N) is 1. The molecule has 8 heteroatoms. The number of furan rings is 1. The molecule has 7 nitrogen and oxygen atoms in total. The fourth-order valence-electron chi connectivity index (χ4n) is 3.34. The van der Waals surface area contributed by atoms with Crippen LogP contribution >= 0.6 is 0 Å². The number of benzene rings is 3. The third-order valence-corrected chi connectivity index (χ3v) is 5.06. The van der Waals surface area contributed by atoms with Gasteiger partial charge in [-0.3, -0.25) is 9.59 Å². The van der Waals surface area contributed by atoms with E-state index in [9.17, 15) is 14.0 Å². The normalized spacial score (nSPS) is 10.7. The van der Waals surface area contributed by atoms with Gasteiger partial charge in [0.25, 0.3) is 11.8 Å². The molecular formula is C25H22FN3O4. The number of hydrogen-bond donors (Lipinski definition) is 2. The summed E-state index contributed by atoms with van der Waals surface area (Å²) in [5.41, 5.74) is 2.86. The van der Waals surface area contributed by atoms with Gasteiger partial charge < -0.3 is 24.7 Å². The molecule has 1 aromatic heterocycles. The van der Waals surface area contributed by atoms with Crippen LogP contribution < -0.4 is 20.3 Å². The van der Waals surface area contributed by atoms with Crippen LogP contribution in [0.15, 0.2) is 71.1 Å². The van der Waals surface area contributed by atoms with Crippen LogP contribution in [-0.2, 0) is 0 Å². The maximum Gasteiger partial charge on any atom is 0.295 e. The first-order chi connectivity index (χ1) is 15.9. The van der Waals surface area contributed by atoms with Crippen LogP contribution in [0.25, 0.3) is 11.0 Å². The topological polar surface area (TPSA) is 83.8 Å². The van der Waals surface area contributed by atoms with Crippen LogP contribution in [0.4, 0.5) is 21.5 Å². The summed E-state index contributed by atoms with van der Waals surface area (Å²) in [4.78, 5) is 27.3. The van der Waals surface area contributed by atoms with E-state index in [4.69, 9.17) is 9.15 Å². The van der Waals surface area contributed by atoms with Crippen LogP contribution in [0.5, 0.6) is 5.75 Å². The van der Waals surface area contributed by atoms with E-state index >= 15 is 0 Å². The van der Waals surface area contributed by atoms with E-state index in [-0.39, 0.29) is 17.4 Å². The highest BCUT2D eigenvalue weighted by Crippen LogP contribution is 2.35. The summed E-state index contributed by atoms with van der Waals surface area (Å²) in [5, 5.41) is 6.03. The minimum Gasteiger partial charge on any atom is -0.492 e. The van der Waals surface area contributed by atoms with Gasteiger partial charge in [-0.1, -0.05) is 0 Å². The number of rotatable bonds is 6. The predicted molar refractivity (Wildman–Crippen MR) is 126 cm³/mol. The maximum atomic E-state index is 13.1. The first kappa shape index (κ1) is 21.9. The van der Waals surface area contributed by atoms with Crippen molar-refractivity contribution in [3.05, 3.63) is 83.9 Å². The van der Waals surface area contributed by atoms with Gasteiger partial charge >= 0.3 is 0 Å². The van der Waals surface area contributed by atoms with Crippen molar-refractivity contribution in [1.82, 2.24) is 0 Å². The molecule has 3 aromatic carbocycles. The SMILES string of the molecule is COc1c(C(=O)Nc2ccc(F)cc2)oc2ccc(NC(=O)c3ccc(N(C)C)cc3)cc12. The molecule has 0 aliphatic heterocycles. The summed E-state index contributed by atoms with van der Waals surface area (Å²) >= 11 is 0. The molecule has 4 aromatic rings. The molecule has 0 saturated heterocycles. The van der Waals surface area contributed by atoms with Crippen LogP contribution in [0.1, 0.15) is 20.9 Å². The molecule has 4 rings (SSSR count). The second-order valence-corrected chi connectivity index (χ2v) is 7.53. The Morgan fingerprint density at radius 1 is 0.879 bits per heavy atom. The molecule has 0 atom stereocenters. The monoisotopic (exact) mass is 447 g/mol. The summed E-state index contributed by atoms with van der Waals surface area (Å²) < 4.78 is 24.2. The first-order valence-corrected chi connectivity index (χ1v) is 10.1. The number of methoxy groups -OCH3 is 1. The lowest BCUT2D eigenvalue weighted by Crippen LogP contribution is -2.13. The molecule has 2 N–H and O–H groups in total. The highest BCUT2D eigenvalue weighted by atomic mass is 19.1. The molecule has 0 saturated carbocycles. The second-order valence-electron chi connectivity index (χ2n) is 7.53.